The van der Waals surface area contributed by atoms with Crippen LogP contribution in [0.3, 0.4) is 0 Å². The van der Waals surface area contributed by atoms with Gasteiger partial charge in [0.1, 0.15) is 0 Å². The van der Waals surface area contributed by atoms with Gasteiger partial charge in [0.2, 0.25) is 0 Å². The van der Waals surface area contributed by atoms with E-state index < -0.39 is 0 Å². The lowest BCUT2D eigenvalue weighted by Gasteiger charge is -2.06. The number of fused-ring (bicyclic) bond motifs is 3. The van der Waals surface area contributed by atoms with Crippen LogP contribution in [0, 0.1) is 0 Å². The van der Waals surface area contributed by atoms with Gasteiger partial charge in [0.05, 0.1) is 7.11 Å². The summed E-state index contributed by atoms with van der Waals surface area (Å²) in [5.74, 6) is -0.280. The van der Waals surface area contributed by atoms with Gasteiger partial charge in [-0.15, -0.1) is 0 Å². The van der Waals surface area contributed by atoms with Gasteiger partial charge in [-0.2, -0.15) is 0 Å². The molecule has 0 bridgehead atoms. The number of rotatable bonds is 2. The molecule has 0 spiro atoms. The molecule has 0 unspecified atom stereocenters. The maximum absolute atomic E-state index is 11.5. The van der Waals surface area contributed by atoms with Crippen molar-refractivity contribution in [2.24, 2.45) is 0 Å². The van der Waals surface area contributed by atoms with Crippen LogP contribution >= 0.6 is 0 Å². The molecular weight excluding hydrogens is 248 g/mol. The summed E-state index contributed by atoms with van der Waals surface area (Å²) in [6, 6.07) is 14.7. The van der Waals surface area contributed by atoms with Gasteiger partial charge in [0, 0.05) is 5.57 Å². The van der Waals surface area contributed by atoms with Gasteiger partial charge >= 0.3 is 5.97 Å². The molecule has 0 N–H and O–H groups in total. The van der Waals surface area contributed by atoms with Crippen molar-refractivity contribution in [2.75, 3.05) is 7.11 Å². The number of hydrogen-bond acceptors (Lipinski definition) is 2. The first-order chi connectivity index (χ1) is 9.70. The summed E-state index contributed by atoms with van der Waals surface area (Å²) in [5, 5.41) is 0. The van der Waals surface area contributed by atoms with Gasteiger partial charge in [-0.25, -0.2) is 4.79 Å². The first-order valence-electron chi connectivity index (χ1n) is 6.67. The summed E-state index contributed by atoms with van der Waals surface area (Å²) in [6.07, 6.45) is 2.84. The lowest BCUT2D eigenvalue weighted by atomic mass is 10.00. The van der Waals surface area contributed by atoms with Crippen molar-refractivity contribution in [2.45, 2.75) is 13.3 Å². The van der Waals surface area contributed by atoms with Crippen molar-refractivity contribution in [3.8, 4) is 11.1 Å². The maximum Gasteiger partial charge on any atom is 0.333 e. The summed E-state index contributed by atoms with van der Waals surface area (Å²) in [4.78, 5) is 11.5. The Balaban J connectivity index is 2.08. The molecule has 1 aliphatic rings. The summed E-state index contributed by atoms with van der Waals surface area (Å²) in [7, 11) is 1.41. The zero-order valence-electron chi connectivity index (χ0n) is 11.6. The van der Waals surface area contributed by atoms with E-state index in [1.807, 2.05) is 12.1 Å². The van der Waals surface area contributed by atoms with Crippen LogP contribution in [0.15, 0.2) is 48.0 Å². The Bertz CT molecular complexity index is 711. The van der Waals surface area contributed by atoms with Gasteiger partial charge in [-0.1, -0.05) is 42.5 Å². The minimum absolute atomic E-state index is 0.280. The third-order valence-electron chi connectivity index (χ3n) is 3.77. The van der Waals surface area contributed by atoms with Gasteiger partial charge in [-0.3, -0.25) is 0 Å². The molecule has 100 valence electrons. The first kappa shape index (κ1) is 12.7. The molecule has 0 amide bonds. The largest absolute Gasteiger partial charge is 0.466 e. The molecular formula is C18H16O2. The van der Waals surface area contributed by atoms with Crippen molar-refractivity contribution in [3.05, 3.63) is 64.7 Å². The number of benzene rings is 2. The van der Waals surface area contributed by atoms with Crippen molar-refractivity contribution in [3.63, 3.8) is 0 Å². The highest BCUT2D eigenvalue weighted by molar-refractivity contribution is 5.94. The van der Waals surface area contributed by atoms with Crippen LogP contribution in [0.5, 0.6) is 0 Å². The minimum Gasteiger partial charge on any atom is -0.466 e. The second-order valence-corrected chi connectivity index (χ2v) is 5.03. The molecule has 0 heterocycles. The molecule has 0 aromatic heterocycles. The van der Waals surface area contributed by atoms with Crippen molar-refractivity contribution >= 4 is 12.0 Å². The van der Waals surface area contributed by atoms with E-state index in [0.29, 0.717) is 5.57 Å². The summed E-state index contributed by atoms with van der Waals surface area (Å²) in [6.45, 7) is 1.79. The van der Waals surface area contributed by atoms with E-state index in [4.69, 9.17) is 4.74 Å². The highest BCUT2D eigenvalue weighted by atomic mass is 16.5. The monoisotopic (exact) mass is 264 g/mol. The topological polar surface area (TPSA) is 26.3 Å². The van der Waals surface area contributed by atoms with E-state index in [1.165, 1.54) is 29.4 Å². The Hall–Kier alpha value is -2.35. The Morgan fingerprint density at radius 2 is 1.85 bits per heavy atom. The smallest absolute Gasteiger partial charge is 0.333 e. The van der Waals surface area contributed by atoms with Crippen molar-refractivity contribution < 1.29 is 9.53 Å². The molecule has 0 aliphatic heterocycles. The minimum atomic E-state index is -0.280. The zero-order chi connectivity index (χ0) is 14.1. The van der Waals surface area contributed by atoms with E-state index >= 15 is 0 Å². The Morgan fingerprint density at radius 3 is 2.65 bits per heavy atom. The van der Waals surface area contributed by atoms with Crippen molar-refractivity contribution in [1.29, 1.82) is 0 Å². The van der Waals surface area contributed by atoms with E-state index in [9.17, 15) is 4.79 Å². The van der Waals surface area contributed by atoms with E-state index in [2.05, 4.69) is 36.4 Å². The molecule has 0 fully saturated rings. The summed E-state index contributed by atoms with van der Waals surface area (Å²) >= 11 is 0. The molecule has 20 heavy (non-hydrogen) atoms. The molecule has 0 radical (unpaired) electrons. The predicted octanol–water partition coefficient (Wildman–Crippen LogP) is 3.83. The van der Waals surface area contributed by atoms with Crippen LogP contribution in [0.25, 0.3) is 17.2 Å². The average molecular weight is 264 g/mol. The number of carbonyl (C=O) groups excluding carboxylic acids is 1. The molecule has 0 atom stereocenters. The fourth-order valence-corrected chi connectivity index (χ4v) is 2.77. The van der Waals surface area contributed by atoms with Gasteiger partial charge in [0.15, 0.2) is 0 Å². The highest BCUT2D eigenvalue weighted by Crippen LogP contribution is 2.38. The second-order valence-electron chi connectivity index (χ2n) is 5.03. The molecule has 2 aromatic carbocycles. The van der Waals surface area contributed by atoms with Crippen LogP contribution in [-0.2, 0) is 16.0 Å². The van der Waals surface area contributed by atoms with Crippen LogP contribution < -0.4 is 0 Å². The zero-order valence-corrected chi connectivity index (χ0v) is 11.6. The molecule has 0 saturated carbocycles. The van der Waals surface area contributed by atoms with E-state index in [0.717, 1.165) is 12.0 Å². The quantitative estimate of drug-likeness (QED) is 0.519. The Kier molecular flexibility index (Phi) is 3.15. The third kappa shape index (κ3) is 2.03. The summed E-state index contributed by atoms with van der Waals surface area (Å²) < 4.78 is 4.76. The van der Waals surface area contributed by atoms with Gasteiger partial charge in [0.25, 0.3) is 0 Å². The normalized spacial score (nSPS) is 12.8. The first-order valence-corrected chi connectivity index (χ1v) is 6.67. The number of ether oxygens (including phenoxy) is 1. The van der Waals surface area contributed by atoms with Gasteiger partial charge in [-0.05, 0) is 47.2 Å². The second kappa shape index (κ2) is 4.97. The molecule has 2 nitrogen and oxygen atoms in total. The molecule has 1 aliphatic carbocycles. The van der Waals surface area contributed by atoms with Crippen LogP contribution in [0.2, 0.25) is 0 Å². The Morgan fingerprint density at radius 1 is 1.10 bits per heavy atom. The fourth-order valence-electron chi connectivity index (χ4n) is 2.77. The fraction of sp³-hybridized carbons (Fsp3) is 0.167. The van der Waals surface area contributed by atoms with Crippen molar-refractivity contribution in [1.82, 2.24) is 0 Å². The number of methoxy groups -OCH3 is 1. The summed E-state index contributed by atoms with van der Waals surface area (Å²) in [5.41, 5.74) is 6.93. The van der Waals surface area contributed by atoms with Crippen LogP contribution in [0.4, 0.5) is 0 Å². The molecule has 3 rings (SSSR count). The van der Waals surface area contributed by atoms with E-state index in [-0.39, 0.29) is 5.97 Å². The third-order valence-corrected chi connectivity index (χ3v) is 3.77. The predicted molar refractivity (Wildman–Crippen MR) is 80.4 cm³/mol. The van der Waals surface area contributed by atoms with E-state index in [1.54, 1.807) is 6.92 Å². The number of hydrogen-bond donors (Lipinski definition) is 0. The standard InChI is InChI=1S/C18H16O2/c1-12(18(19)20-2)10-13-7-5-9-16-15-8-4-3-6-14(15)11-17(13)16/h3-10H,11H2,1-2H3. The lowest BCUT2D eigenvalue weighted by Crippen LogP contribution is -2.01. The maximum atomic E-state index is 11.5. The SMILES string of the molecule is COC(=O)C(C)=Cc1cccc2c1Cc1ccccc1-2. The van der Waals surface area contributed by atoms with Crippen LogP contribution in [-0.4, -0.2) is 13.1 Å². The lowest BCUT2D eigenvalue weighted by molar-refractivity contribution is -0.135. The molecule has 2 aromatic rings. The highest BCUT2D eigenvalue weighted by Gasteiger charge is 2.19. The average Bonchev–Trinajstić information content (AvgIpc) is 2.86. The Labute approximate surface area is 118 Å². The molecule has 2 heteroatoms. The number of carbonyl (C=O) groups is 1. The number of esters is 1. The van der Waals surface area contributed by atoms with Crippen LogP contribution in [0.1, 0.15) is 23.6 Å². The molecule has 0 saturated heterocycles. The van der Waals surface area contributed by atoms with Gasteiger partial charge < -0.3 is 4.74 Å².